The quantitative estimate of drug-likeness (QED) is 0.578. The Balaban J connectivity index is 1.64. The zero-order valence-electron chi connectivity index (χ0n) is 13.8. The Morgan fingerprint density at radius 1 is 1.08 bits per heavy atom. The minimum absolute atomic E-state index is 0.336. The molecule has 0 aliphatic rings. The molecule has 0 unspecified atom stereocenters. The van der Waals surface area contributed by atoms with Gasteiger partial charge in [0.2, 0.25) is 0 Å². The van der Waals surface area contributed by atoms with Gasteiger partial charge in [-0.3, -0.25) is 10.2 Å². The molecule has 3 amide bonds. The van der Waals surface area contributed by atoms with Crippen LogP contribution in [0.3, 0.4) is 0 Å². The van der Waals surface area contributed by atoms with E-state index in [1.54, 1.807) is 24.3 Å². The van der Waals surface area contributed by atoms with Crippen LogP contribution in [0.2, 0.25) is 5.02 Å². The number of rotatable bonds is 4. The molecule has 1 aromatic heterocycles. The first kappa shape index (κ1) is 18.0. The van der Waals surface area contributed by atoms with Crippen molar-refractivity contribution in [2.45, 2.75) is 6.92 Å². The summed E-state index contributed by atoms with van der Waals surface area (Å²) in [6, 6.07) is 13.9. The van der Waals surface area contributed by atoms with Crippen molar-refractivity contribution in [3.8, 4) is 5.75 Å². The Hall–Kier alpha value is -2.77. The summed E-state index contributed by atoms with van der Waals surface area (Å²) in [6.07, 6.45) is 0. The second-order valence-corrected chi connectivity index (χ2v) is 6.63. The topological polar surface area (TPSA) is 79.5 Å². The van der Waals surface area contributed by atoms with Crippen LogP contribution in [-0.4, -0.2) is 18.5 Å². The van der Waals surface area contributed by atoms with E-state index in [0.29, 0.717) is 27.9 Å². The Labute approximate surface area is 159 Å². The third-order valence-electron chi connectivity index (χ3n) is 3.47. The van der Waals surface area contributed by atoms with Gasteiger partial charge in [0.25, 0.3) is 5.91 Å². The molecule has 0 spiro atoms. The van der Waals surface area contributed by atoms with E-state index < -0.39 is 11.9 Å². The monoisotopic (exact) mass is 389 g/mol. The molecular weight excluding hydrogens is 374 g/mol. The Kier molecular flexibility index (Phi) is 5.60. The number of urea groups is 1. The minimum atomic E-state index is -0.595. The number of carbonyl (C=O) groups excluding carboxylic acids is 2. The summed E-state index contributed by atoms with van der Waals surface area (Å²) in [5.41, 5.74) is 5.17. The lowest BCUT2D eigenvalue weighted by atomic mass is 10.2. The van der Waals surface area contributed by atoms with Gasteiger partial charge in [0.05, 0.1) is 17.3 Å². The van der Waals surface area contributed by atoms with E-state index in [9.17, 15) is 9.59 Å². The average molecular weight is 390 g/mol. The molecule has 3 rings (SSSR count). The summed E-state index contributed by atoms with van der Waals surface area (Å²) in [4.78, 5) is 24.7. The Bertz CT molecular complexity index is 958. The molecule has 0 saturated heterocycles. The second kappa shape index (κ2) is 8.07. The molecule has 1 heterocycles. The summed E-state index contributed by atoms with van der Waals surface area (Å²) >= 11 is 7.52. The fourth-order valence-electron chi connectivity index (χ4n) is 2.34. The number of amides is 3. The fraction of sp³-hybridized carbons (Fsp3) is 0.111. The van der Waals surface area contributed by atoms with Gasteiger partial charge >= 0.3 is 6.03 Å². The maximum atomic E-state index is 12.3. The van der Waals surface area contributed by atoms with E-state index in [4.69, 9.17) is 16.3 Å². The highest BCUT2D eigenvalue weighted by Crippen LogP contribution is 2.34. The highest BCUT2D eigenvalue weighted by Gasteiger charge is 2.17. The van der Waals surface area contributed by atoms with Crippen molar-refractivity contribution < 1.29 is 14.3 Å². The smallest absolute Gasteiger partial charge is 0.338 e. The SMILES string of the molecule is CCOc1ccccc1NC(=O)NNC(=O)c1sc2ccccc2c1Cl. The number of para-hydroxylation sites is 2. The van der Waals surface area contributed by atoms with Crippen LogP contribution in [0, 0.1) is 0 Å². The van der Waals surface area contributed by atoms with Gasteiger partial charge < -0.3 is 10.1 Å². The van der Waals surface area contributed by atoms with Crippen LogP contribution >= 0.6 is 22.9 Å². The Morgan fingerprint density at radius 2 is 1.81 bits per heavy atom. The summed E-state index contributed by atoms with van der Waals surface area (Å²) in [7, 11) is 0. The molecule has 2 aromatic carbocycles. The lowest BCUT2D eigenvalue weighted by molar-refractivity contribution is 0.0942. The maximum Gasteiger partial charge on any atom is 0.338 e. The highest BCUT2D eigenvalue weighted by atomic mass is 35.5. The lowest BCUT2D eigenvalue weighted by Crippen LogP contribution is -2.43. The van der Waals surface area contributed by atoms with Gasteiger partial charge in [-0.2, -0.15) is 0 Å². The average Bonchev–Trinajstić information content (AvgIpc) is 2.99. The first-order valence-electron chi connectivity index (χ1n) is 7.86. The van der Waals surface area contributed by atoms with Crippen molar-refractivity contribution in [3.63, 3.8) is 0 Å². The highest BCUT2D eigenvalue weighted by molar-refractivity contribution is 7.21. The number of thiophene rings is 1. The molecule has 3 N–H and O–H groups in total. The fourth-order valence-corrected chi connectivity index (χ4v) is 3.75. The summed E-state index contributed by atoms with van der Waals surface area (Å²) in [5, 5.41) is 3.80. The van der Waals surface area contributed by atoms with Gasteiger partial charge in [-0.05, 0) is 25.1 Å². The van der Waals surface area contributed by atoms with Crippen molar-refractivity contribution in [3.05, 3.63) is 58.4 Å². The van der Waals surface area contributed by atoms with E-state index in [-0.39, 0.29) is 0 Å². The number of hydrogen-bond acceptors (Lipinski definition) is 4. The molecule has 8 heteroatoms. The number of benzene rings is 2. The molecular formula is C18H16ClN3O3S. The number of anilines is 1. The predicted octanol–water partition coefficient (Wildman–Crippen LogP) is 4.42. The van der Waals surface area contributed by atoms with Crippen molar-refractivity contribution in [1.82, 2.24) is 10.9 Å². The van der Waals surface area contributed by atoms with Crippen molar-refractivity contribution in [2.24, 2.45) is 0 Å². The molecule has 0 fully saturated rings. The molecule has 3 aromatic rings. The van der Waals surface area contributed by atoms with E-state index in [0.717, 1.165) is 10.1 Å². The maximum absolute atomic E-state index is 12.3. The summed E-state index contributed by atoms with van der Waals surface area (Å²) in [5.74, 6) is 0.0634. The van der Waals surface area contributed by atoms with E-state index in [2.05, 4.69) is 16.2 Å². The van der Waals surface area contributed by atoms with Gasteiger partial charge in [-0.25, -0.2) is 10.2 Å². The number of hydrazine groups is 1. The first-order valence-corrected chi connectivity index (χ1v) is 9.05. The van der Waals surface area contributed by atoms with Gasteiger partial charge in [0.1, 0.15) is 10.6 Å². The second-order valence-electron chi connectivity index (χ2n) is 5.20. The van der Waals surface area contributed by atoms with Crippen LogP contribution in [0.1, 0.15) is 16.6 Å². The van der Waals surface area contributed by atoms with Crippen LogP contribution in [0.15, 0.2) is 48.5 Å². The standard InChI is InChI=1S/C18H16ClN3O3S/c1-2-25-13-9-5-4-8-12(13)20-18(24)22-21-17(23)16-15(19)11-7-3-6-10-14(11)26-16/h3-10H,2H2,1H3,(H,21,23)(H2,20,22,24). The number of halogens is 1. The predicted molar refractivity (Wildman–Crippen MR) is 104 cm³/mol. The molecule has 134 valence electrons. The molecule has 0 atom stereocenters. The van der Waals surface area contributed by atoms with Crippen LogP contribution in [-0.2, 0) is 0 Å². The van der Waals surface area contributed by atoms with Crippen LogP contribution in [0.25, 0.3) is 10.1 Å². The zero-order valence-corrected chi connectivity index (χ0v) is 15.4. The summed E-state index contributed by atoms with van der Waals surface area (Å²) < 4.78 is 6.34. The van der Waals surface area contributed by atoms with Crippen LogP contribution in [0.4, 0.5) is 10.5 Å². The summed E-state index contributed by atoms with van der Waals surface area (Å²) in [6.45, 7) is 2.33. The molecule has 0 aliphatic carbocycles. The minimum Gasteiger partial charge on any atom is -0.492 e. The zero-order chi connectivity index (χ0) is 18.5. The molecule has 0 radical (unpaired) electrons. The molecule has 0 bridgehead atoms. The number of carbonyl (C=O) groups is 2. The normalized spacial score (nSPS) is 10.4. The van der Waals surface area contributed by atoms with Gasteiger partial charge in [-0.1, -0.05) is 41.9 Å². The third kappa shape index (κ3) is 3.89. The van der Waals surface area contributed by atoms with Crippen molar-refractivity contribution in [1.29, 1.82) is 0 Å². The molecule has 26 heavy (non-hydrogen) atoms. The number of nitrogens with one attached hydrogen (secondary N) is 3. The third-order valence-corrected chi connectivity index (χ3v) is 5.14. The van der Waals surface area contributed by atoms with E-state index in [1.807, 2.05) is 31.2 Å². The number of hydrogen-bond donors (Lipinski definition) is 3. The van der Waals surface area contributed by atoms with Gasteiger partial charge in [0.15, 0.2) is 0 Å². The van der Waals surface area contributed by atoms with Crippen LogP contribution in [0.5, 0.6) is 5.75 Å². The van der Waals surface area contributed by atoms with Crippen molar-refractivity contribution in [2.75, 3.05) is 11.9 Å². The lowest BCUT2D eigenvalue weighted by Gasteiger charge is -2.12. The van der Waals surface area contributed by atoms with E-state index in [1.165, 1.54) is 11.3 Å². The number of fused-ring (bicyclic) bond motifs is 1. The number of ether oxygens (including phenoxy) is 1. The van der Waals surface area contributed by atoms with Crippen molar-refractivity contribution >= 4 is 50.6 Å². The molecule has 6 nitrogen and oxygen atoms in total. The van der Waals surface area contributed by atoms with Gasteiger partial charge in [0, 0.05) is 10.1 Å². The molecule has 0 saturated carbocycles. The Morgan fingerprint density at radius 3 is 2.58 bits per heavy atom. The molecule has 0 aliphatic heterocycles. The van der Waals surface area contributed by atoms with Crippen LogP contribution < -0.4 is 20.9 Å². The van der Waals surface area contributed by atoms with E-state index >= 15 is 0 Å². The first-order chi connectivity index (χ1) is 12.6. The van der Waals surface area contributed by atoms with Gasteiger partial charge in [-0.15, -0.1) is 11.3 Å². The largest absolute Gasteiger partial charge is 0.492 e.